The minimum Gasteiger partial charge on any atom is -0.477 e. The molecule has 4 rings (SSSR count). The minimum absolute atomic E-state index is 0.198. The average molecular weight is 422 g/mol. The summed E-state index contributed by atoms with van der Waals surface area (Å²) in [6, 6.07) is 17.1. The molecular formula is C25H31N3OS. The van der Waals surface area contributed by atoms with E-state index in [9.17, 15) is 0 Å². The smallest absolute Gasteiger partial charge is 0.210 e. The van der Waals surface area contributed by atoms with E-state index in [0.717, 1.165) is 27.4 Å². The van der Waals surface area contributed by atoms with Gasteiger partial charge in [-0.15, -0.1) is 0 Å². The zero-order chi connectivity index (χ0) is 21.6. The molecule has 5 heteroatoms. The molecule has 158 valence electrons. The fourth-order valence-electron chi connectivity index (χ4n) is 4.26. The number of benzene rings is 2. The second kappa shape index (κ2) is 7.69. The normalized spacial score (nSPS) is 17.1. The molecule has 0 spiro atoms. The van der Waals surface area contributed by atoms with Crippen molar-refractivity contribution in [3.8, 4) is 5.69 Å². The van der Waals surface area contributed by atoms with E-state index in [1.54, 1.807) is 0 Å². The van der Waals surface area contributed by atoms with Gasteiger partial charge in [-0.25, -0.2) is 4.99 Å². The summed E-state index contributed by atoms with van der Waals surface area (Å²) in [5.74, 6) is 1.61. The Kier molecular flexibility index (Phi) is 5.35. The van der Waals surface area contributed by atoms with E-state index < -0.39 is 5.54 Å². The quantitative estimate of drug-likeness (QED) is 0.442. The first-order chi connectivity index (χ1) is 14.2. The number of nitrogens with zero attached hydrogens (tertiary/aromatic N) is 3. The summed E-state index contributed by atoms with van der Waals surface area (Å²) in [5, 5.41) is 0. The third-order valence-electron chi connectivity index (χ3n) is 6.07. The van der Waals surface area contributed by atoms with Gasteiger partial charge < -0.3 is 9.30 Å². The van der Waals surface area contributed by atoms with Crippen LogP contribution in [0.5, 0.6) is 0 Å². The Bertz CT molecular complexity index is 1170. The lowest BCUT2D eigenvalue weighted by Crippen LogP contribution is -2.36. The molecule has 0 saturated heterocycles. The van der Waals surface area contributed by atoms with Crippen LogP contribution in [0.25, 0.3) is 16.7 Å². The van der Waals surface area contributed by atoms with Gasteiger partial charge in [-0.1, -0.05) is 58.0 Å². The molecule has 2 heterocycles. The average Bonchev–Trinajstić information content (AvgIpc) is 3.31. The molecule has 1 aliphatic rings. The molecule has 2 aromatic carbocycles. The molecule has 0 unspecified atom stereocenters. The standard InChI is InChI=1S/C25H31N3OS/c1-16(2)18-11-7-8-12-20(18)27-21-13-9-10-14-22(21)28(24(27)30)25(5,6)23-26-19(15-29-23)17(3)4/h7-14,16-17,19H,15H2,1-6H3/t19-/m1/s1. The number of para-hydroxylation sites is 3. The maximum absolute atomic E-state index is 6.10. The van der Waals surface area contributed by atoms with Crippen molar-refractivity contribution in [1.82, 2.24) is 9.13 Å². The third kappa shape index (κ3) is 3.29. The van der Waals surface area contributed by atoms with Gasteiger partial charge in [0, 0.05) is 0 Å². The molecule has 4 nitrogen and oxygen atoms in total. The lowest BCUT2D eigenvalue weighted by atomic mass is 10.0. The Hall–Kier alpha value is -2.40. The Morgan fingerprint density at radius 1 is 1.00 bits per heavy atom. The van der Waals surface area contributed by atoms with Crippen LogP contribution in [0.2, 0.25) is 0 Å². The molecule has 0 bridgehead atoms. The fraction of sp³-hybridized carbons (Fsp3) is 0.440. The van der Waals surface area contributed by atoms with Crippen molar-refractivity contribution in [2.75, 3.05) is 6.61 Å². The molecular weight excluding hydrogens is 390 g/mol. The summed E-state index contributed by atoms with van der Waals surface area (Å²) in [6.07, 6.45) is 0. The molecule has 0 saturated carbocycles. The number of aromatic nitrogens is 2. The van der Waals surface area contributed by atoms with E-state index in [-0.39, 0.29) is 6.04 Å². The Balaban J connectivity index is 1.98. The molecule has 0 amide bonds. The van der Waals surface area contributed by atoms with E-state index in [1.807, 2.05) is 0 Å². The third-order valence-corrected chi connectivity index (χ3v) is 6.44. The van der Waals surface area contributed by atoms with Crippen molar-refractivity contribution in [1.29, 1.82) is 0 Å². The van der Waals surface area contributed by atoms with Gasteiger partial charge in [-0.2, -0.15) is 0 Å². The molecule has 30 heavy (non-hydrogen) atoms. The highest BCUT2D eigenvalue weighted by Crippen LogP contribution is 2.34. The number of rotatable bonds is 5. The Morgan fingerprint density at radius 2 is 1.63 bits per heavy atom. The van der Waals surface area contributed by atoms with Crippen LogP contribution in [0.4, 0.5) is 0 Å². The molecule has 1 atom stereocenters. The lowest BCUT2D eigenvalue weighted by Gasteiger charge is -2.26. The highest BCUT2D eigenvalue weighted by molar-refractivity contribution is 7.71. The van der Waals surface area contributed by atoms with Gasteiger partial charge in [-0.05, 0) is 61.7 Å². The SMILES string of the molecule is CC(C)c1ccccc1-n1c(=S)n(C(C)(C)C2=N[C@@H](C(C)C)CO2)c2ccccc21. The van der Waals surface area contributed by atoms with Crippen molar-refractivity contribution < 1.29 is 4.74 Å². The summed E-state index contributed by atoms with van der Waals surface area (Å²) in [5.41, 5.74) is 4.12. The second-order valence-electron chi connectivity index (χ2n) is 9.27. The van der Waals surface area contributed by atoms with Crippen molar-refractivity contribution in [3.05, 3.63) is 58.9 Å². The number of hydrogen-bond acceptors (Lipinski definition) is 3. The van der Waals surface area contributed by atoms with Crippen LogP contribution >= 0.6 is 12.2 Å². The van der Waals surface area contributed by atoms with Crippen molar-refractivity contribution in [2.45, 2.75) is 59.0 Å². The number of imidazole rings is 1. The Morgan fingerprint density at radius 3 is 2.27 bits per heavy atom. The number of hydrogen-bond donors (Lipinski definition) is 0. The maximum Gasteiger partial charge on any atom is 0.210 e. The number of aliphatic imine (C=N–C) groups is 1. The largest absolute Gasteiger partial charge is 0.477 e. The first kappa shape index (κ1) is 20.9. The van der Waals surface area contributed by atoms with Crippen LogP contribution in [-0.2, 0) is 10.3 Å². The van der Waals surface area contributed by atoms with E-state index in [2.05, 4.69) is 99.2 Å². The first-order valence-electron chi connectivity index (χ1n) is 10.8. The maximum atomic E-state index is 6.10. The number of ether oxygens (including phenoxy) is 1. The zero-order valence-electron chi connectivity index (χ0n) is 18.7. The van der Waals surface area contributed by atoms with Crippen LogP contribution in [0.15, 0.2) is 53.5 Å². The van der Waals surface area contributed by atoms with Gasteiger partial charge in [0.2, 0.25) is 5.90 Å². The van der Waals surface area contributed by atoms with Crippen LogP contribution in [0, 0.1) is 10.7 Å². The topological polar surface area (TPSA) is 31.4 Å². The van der Waals surface area contributed by atoms with E-state index in [4.69, 9.17) is 21.9 Å². The van der Waals surface area contributed by atoms with Gasteiger partial charge in [0.25, 0.3) is 0 Å². The molecule has 1 aromatic heterocycles. The van der Waals surface area contributed by atoms with Crippen molar-refractivity contribution >= 4 is 29.1 Å². The summed E-state index contributed by atoms with van der Waals surface area (Å²) in [4.78, 5) is 4.93. The summed E-state index contributed by atoms with van der Waals surface area (Å²) in [7, 11) is 0. The predicted octanol–water partition coefficient (Wildman–Crippen LogP) is 6.47. The van der Waals surface area contributed by atoms with E-state index >= 15 is 0 Å². The second-order valence-corrected chi connectivity index (χ2v) is 9.64. The van der Waals surface area contributed by atoms with Crippen LogP contribution in [-0.4, -0.2) is 27.7 Å². The molecule has 0 aliphatic carbocycles. The van der Waals surface area contributed by atoms with Crippen LogP contribution in [0.3, 0.4) is 0 Å². The summed E-state index contributed by atoms with van der Waals surface area (Å²) in [6.45, 7) is 13.8. The number of fused-ring (bicyclic) bond motifs is 1. The lowest BCUT2D eigenvalue weighted by molar-refractivity contribution is 0.260. The highest BCUT2D eigenvalue weighted by Gasteiger charge is 2.37. The zero-order valence-corrected chi connectivity index (χ0v) is 19.5. The van der Waals surface area contributed by atoms with Gasteiger partial charge in [0.05, 0.1) is 22.8 Å². The fourth-order valence-corrected chi connectivity index (χ4v) is 4.79. The van der Waals surface area contributed by atoms with E-state index in [1.165, 1.54) is 5.56 Å². The van der Waals surface area contributed by atoms with E-state index in [0.29, 0.717) is 18.4 Å². The summed E-state index contributed by atoms with van der Waals surface area (Å²) >= 11 is 6.10. The van der Waals surface area contributed by atoms with Crippen LogP contribution < -0.4 is 0 Å². The van der Waals surface area contributed by atoms with Crippen molar-refractivity contribution in [2.24, 2.45) is 10.9 Å². The molecule has 0 fully saturated rings. The monoisotopic (exact) mass is 421 g/mol. The minimum atomic E-state index is -0.488. The van der Waals surface area contributed by atoms with Gasteiger partial charge in [0.1, 0.15) is 12.1 Å². The molecule has 0 N–H and O–H groups in total. The van der Waals surface area contributed by atoms with Gasteiger partial charge >= 0.3 is 0 Å². The van der Waals surface area contributed by atoms with Gasteiger partial charge in [0.15, 0.2) is 4.77 Å². The van der Waals surface area contributed by atoms with Crippen LogP contribution in [0.1, 0.15) is 53.0 Å². The first-order valence-corrected chi connectivity index (χ1v) is 11.2. The molecule has 0 radical (unpaired) electrons. The molecule has 3 aromatic rings. The highest BCUT2D eigenvalue weighted by atomic mass is 32.1. The van der Waals surface area contributed by atoms with Gasteiger partial charge in [-0.3, -0.25) is 4.57 Å². The molecule has 1 aliphatic heterocycles. The van der Waals surface area contributed by atoms with Crippen molar-refractivity contribution in [3.63, 3.8) is 0 Å². The predicted molar refractivity (Wildman–Crippen MR) is 128 cm³/mol. The summed E-state index contributed by atoms with van der Waals surface area (Å²) < 4.78 is 11.3. The Labute approximate surface area is 184 Å².